The number of sulfonamides is 1. The monoisotopic (exact) mass is 474 g/mol. The quantitative estimate of drug-likeness (QED) is 0.231. The van der Waals surface area contributed by atoms with Crippen LogP contribution in [0, 0.1) is 0 Å². The van der Waals surface area contributed by atoms with Gasteiger partial charge in [0.15, 0.2) is 5.96 Å². The average Bonchev–Trinajstić information content (AvgIpc) is 2.46. The van der Waals surface area contributed by atoms with Gasteiger partial charge in [0.25, 0.3) is 0 Å². The van der Waals surface area contributed by atoms with Gasteiger partial charge in [-0.05, 0) is 30.5 Å². The van der Waals surface area contributed by atoms with E-state index in [1.165, 1.54) is 5.56 Å². The third-order valence-corrected chi connectivity index (χ3v) is 3.83. The molecule has 132 valence electrons. The minimum atomic E-state index is -3.11. The van der Waals surface area contributed by atoms with E-state index in [0.29, 0.717) is 25.5 Å². The molecule has 0 aliphatic carbocycles. The second kappa shape index (κ2) is 11.9. The fraction of sp³-hybridized carbons (Fsp3) is 0.500. The molecule has 0 aromatic heterocycles. The standard InChI is InChI=1S/C14H23ClN4O2S.HI/c1-16-14(17-9-3-10-19-22(2,20)21)18-11-8-12-4-6-13(15)7-5-12;/h4-7,19H,3,8-11H2,1-2H3,(H2,16,17,18);1H. The number of hydrogen-bond acceptors (Lipinski definition) is 3. The summed E-state index contributed by atoms with van der Waals surface area (Å²) in [7, 11) is -1.41. The van der Waals surface area contributed by atoms with Crippen molar-refractivity contribution in [3.8, 4) is 0 Å². The van der Waals surface area contributed by atoms with Gasteiger partial charge in [-0.15, -0.1) is 24.0 Å². The number of guanidine groups is 1. The Morgan fingerprint density at radius 2 is 1.74 bits per heavy atom. The van der Waals surface area contributed by atoms with E-state index in [4.69, 9.17) is 11.6 Å². The summed E-state index contributed by atoms with van der Waals surface area (Å²) in [4.78, 5) is 4.11. The molecular weight excluding hydrogens is 451 g/mol. The van der Waals surface area contributed by atoms with Crippen LogP contribution < -0.4 is 15.4 Å². The molecule has 0 unspecified atom stereocenters. The van der Waals surface area contributed by atoms with Crippen LogP contribution in [0.3, 0.4) is 0 Å². The SMILES string of the molecule is CN=C(NCCCNS(C)(=O)=O)NCCc1ccc(Cl)cc1.I. The molecule has 23 heavy (non-hydrogen) atoms. The molecule has 1 rings (SSSR count). The molecule has 0 atom stereocenters. The maximum Gasteiger partial charge on any atom is 0.208 e. The molecule has 0 spiro atoms. The summed E-state index contributed by atoms with van der Waals surface area (Å²) in [5, 5.41) is 7.07. The molecule has 1 aromatic carbocycles. The highest BCUT2D eigenvalue weighted by molar-refractivity contribution is 14.0. The molecule has 1 aromatic rings. The second-order valence-electron chi connectivity index (χ2n) is 4.82. The number of hydrogen-bond donors (Lipinski definition) is 3. The van der Waals surface area contributed by atoms with Crippen molar-refractivity contribution in [1.82, 2.24) is 15.4 Å². The van der Waals surface area contributed by atoms with Crippen LogP contribution in [0.2, 0.25) is 5.02 Å². The Hall–Kier alpha value is -0.580. The largest absolute Gasteiger partial charge is 0.356 e. The highest BCUT2D eigenvalue weighted by Crippen LogP contribution is 2.09. The van der Waals surface area contributed by atoms with Crippen molar-refractivity contribution in [1.29, 1.82) is 0 Å². The fourth-order valence-corrected chi connectivity index (χ4v) is 2.39. The molecule has 3 N–H and O–H groups in total. The first-order valence-electron chi connectivity index (χ1n) is 7.04. The Kier molecular flexibility index (Phi) is 11.6. The minimum absolute atomic E-state index is 0. The normalized spacial score (nSPS) is 11.7. The van der Waals surface area contributed by atoms with Crippen LogP contribution >= 0.6 is 35.6 Å². The van der Waals surface area contributed by atoms with Crippen LogP contribution in [0.15, 0.2) is 29.3 Å². The molecule has 0 saturated heterocycles. The molecule has 0 saturated carbocycles. The van der Waals surface area contributed by atoms with Crippen molar-refractivity contribution < 1.29 is 8.42 Å². The van der Waals surface area contributed by atoms with E-state index in [1.54, 1.807) is 7.05 Å². The van der Waals surface area contributed by atoms with Crippen LogP contribution in [-0.2, 0) is 16.4 Å². The Bertz CT molecular complexity index is 579. The summed E-state index contributed by atoms with van der Waals surface area (Å²) in [6.45, 7) is 1.81. The number of benzene rings is 1. The van der Waals surface area contributed by atoms with E-state index < -0.39 is 10.0 Å². The van der Waals surface area contributed by atoms with Gasteiger partial charge < -0.3 is 10.6 Å². The first-order valence-corrected chi connectivity index (χ1v) is 9.31. The lowest BCUT2D eigenvalue weighted by Gasteiger charge is -2.12. The number of nitrogens with zero attached hydrogens (tertiary/aromatic N) is 1. The molecule has 0 bridgehead atoms. The lowest BCUT2D eigenvalue weighted by Crippen LogP contribution is -2.39. The first kappa shape index (κ1) is 22.4. The topological polar surface area (TPSA) is 82.6 Å². The zero-order valence-electron chi connectivity index (χ0n) is 13.3. The summed E-state index contributed by atoms with van der Waals surface area (Å²) in [5.41, 5.74) is 1.20. The van der Waals surface area contributed by atoms with E-state index in [-0.39, 0.29) is 24.0 Å². The Labute approximate surface area is 160 Å². The minimum Gasteiger partial charge on any atom is -0.356 e. The summed E-state index contributed by atoms with van der Waals surface area (Å²) >= 11 is 5.84. The lowest BCUT2D eigenvalue weighted by atomic mass is 10.1. The molecule has 6 nitrogen and oxygen atoms in total. The molecule has 0 heterocycles. The van der Waals surface area contributed by atoms with Crippen LogP contribution in [0.5, 0.6) is 0 Å². The van der Waals surface area contributed by atoms with Gasteiger partial charge in [-0.2, -0.15) is 0 Å². The van der Waals surface area contributed by atoms with Gasteiger partial charge in [0, 0.05) is 31.7 Å². The van der Waals surface area contributed by atoms with E-state index >= 15 is 0 Å². The number of aliphatic imine (C=N–C) groups is 1. The van der Waals surface area contributed by atoms with Gasteiger partial charge >= 0.3 is 0 Å². The van der Waals surface area contributed by atoms with Crippen LogP contribution in [0.1, 0.15) is 12.0 Å². The number of nitrogens with one attached hydrogen (secondary N) is 3. The summed E-state index contributed by atoms with van der Waals surface area (Å²) in [6, 6.07) is 7.74. The number of rotatable bonds is 8. The molecule has 0 aliphatic heterocycles. The zero-order chi connectivity index (χ0) is 16.4. The first-order chi connectivity index (χ1) is 10.4. The third-order valence-electron chi connectivity index (χ3n) is 2.85. The fourth-order valence-electron chi connectivity index (χ4n) is 1.75. The average molecular weight is 475 g/mol. The van der Waals surface area contributed by atoms with E-state index in [0.717, 1.165) is 24.2 Å². The Balaban J connectivity index is 0.00000484. The van der Waals surface area contributed by atoms with Gasteiger partial charge in [-0.25, -0.2) is 13.1 Å². The molecular formula is C14H24ClIN4O2S. The van der Waals surface area contributed by atoms with Gasteiger partial charge in [-0.1, -0.05) is 23.7 Å². The highest BCUT2D eigenvalue weighted by Gasteiger charge is 2.00. The summed E-state index contributed by atoms with van der Waals surface area (Å²) in [5.74, 6) is 0.702. The maximum absolute atomic E-state index is 10.9. The zero-order valence-corrected chi connectivity index (χ0v) is 17.2. The van der Waals surface area contributed by atoms with Crippen molar-refractivity contribution >= 4 is 51.6 Å². The summed E-state index contributed by atoms with van der Waals surface area (Å²) in [6.07, 6.45) is 2.70. The second-order valence-corrected chi connectivity index (χ2v) is 7.09. The van der Waals surface area contributed by atoms with Gasteiger partial charge in [0.05, 0.1) is 6.26 Å². The van der Waals surface area contributed by atoms with Crippen molar-refractivity contribution in [3.63, 3.8) is 0 Å². The van der Waals surface area contributed by atoms with Crippen LogP contribution in [-0.4, -0.2) is 47.3 Å². The van der Waals surface area contributed by atoms with Gasteiger partial charge in [0.2, 0.25) is 10.0 Å². The molecule has 0 aliphatic rings. The van der Waals surface area contributed by atoms with Crippen LogP contribution in [0.4, 0.5) is 0 Å². The predicted molar refractivity (Wildman–Crippen MR) is 107 cm³/mol. The molecule has 0 fully saturated rings. The van der Waals surface area contributed by atoms with Gasteiger partial charge in [0.1, 0.15) is 0 Å². The predicted octanol–water partition coefficient (Wildman–Crippen LogP) is 1.60. The maximum atomic E-state index is 10.9. The molecule has 0 radical (unpaired) electrons. The van der Waals surface area contributed by atoms with E-state index in [9.17, 15) is 8.42 Å². The van der Waals surface area contributed by atoms with Crippen LogP contribution in [0.25, 0.3) is 0 Å². The Morgan fingerprint density at radius 3 is 2.30 bits per heavy atom. The number of halogens is 2. The van der Waals surface area contributed by atoms with Crippen molar-refractivity contribution in [2.75, 3.05) is 32.9 Å². The molecule has 0 amide bonds. The van der Waals surface area contributed by atoms with Crippen molar-refractivity contribution in [2.24, 2.45) is 4.99 Å². The van der Waals surface area contributed by atoms with Crippen molar-refractivity contribution in [2.45, 2.75) is 12.8 Å². The molecule has 9 heteroatoms. The van der Waals surface area contributed by atoms with Gasteiger partial charge in [-0.3, -0.25) is 4.99 Å². The third kappa shape index (κ3) is 11.6. The highest BCUT2D eigenvalue weighted by atomic mass is 127. The lowest BCUT2D eigenvalue weighted by molar-refractivity contribution is 0.584. The Morgan fingerprint density at radius 1 is 1.13 bits per heavy atom. The van der Waals surface area contributed by atoms with Crippen molar-refractivity contribution in [3.05, 3.63) is 34.9 Å². The smallest absolute Gasteiger partial charge is 0.208 e. The van der Waals surface area contributed by atoms with E-state index in [2.05, 4.69) is 20.3 Å². The summed E-state index contributed by atoms with van der Waals surface area (Å²) < 4.78 is 24.3. The van der Waals surface area contributed by atoms with E-state index in [1.807, 2.05) is 24.3 Å².